The van der Waals surface area contributed by atoms with Crippen LogP contribution in [0.2, 0.25) is 0 Å². The topological polar surface area (TPSA) is 29.3 Å². The number of aromatic nitrogens is 1. The molecule has 0 N–H and O–H groups in total. The van der Waals surface area contributed by atoms with Crippen molar-refractivity contribution in [3.05, 3.63) is 65.2 Å². The van der Waals surface area contributed by atoms with Crippen LogP contribution in [-0.2, 0) is 0 Å². The average molecular weight is 288 g/mol. The van der Waals surface area contributed by atoms with Gasteiger partial charge >= 0.3 is 0 Å². The molecule has 0 amide bonds. The fourth-order valence-corrected chi connectivity index (χ4v) is 2.54. The quantitative estimate of drug-likeness (QED) is 0.837. The van der Waals surface area contributed by atoms with E-state index in [4.69, 9.17) is 4.52 Å². The summed E-state index contributed by atoms with van der Waals surface area (Å²) in [6, 6.07) is 3.57. The minimum Gasteiger partial charge on any atom is -0.361 e. The first-order chi connectivity index (χ1) is 10.1. The second kappa shape index (κ2) is 5.16. The van der Waals surface area contributed by atoms with Crippen LogP contribution in [-0.4, -0.2) is 11.7 Å². The molecule has 0 atom stereocenters. The molecule has 3 nitrogen and oxygen atoms in total. The summed E-state index contributed by atoms with van der Waals surface area (Å²) < 4.78 is 32.1. The van der Waals surface area contributed by atoms with E-state index >= 15 is 0 Å². The van der Waals surface area contributed by atoms with Crippen LogP contribution in [0.15, 0.2) is 41.1 Å². The Bertz CT molecular complexity index is 727. The van der Waals surface area contributed by atoms with Gasteiger partial charge in [-0.15, -0.1) is 0 Å². The molecular formula is C16H14F2N2O. The van der Waals surface area contributed by atoms with Gasteiger partial charge in [0.15, 0.2) is 0 Å². The van der Waals surface area contributed by atoms with Gasteiger partial charge in [0.05, 0.1) is 11.4 Å². The molecule has 108 valence electrons. The number of hydrogen-bond donors (Lipinski definition) is 0. The van der Waals surface area contributed by atoms with Crippen molar-refractivity contribution < 1.29 is 13.3 Å². The lowest BCUT2D eigenvalue weighted by Crippen LogP contribution is -2.22. The molecule has 0 unspecified atom stereocenters. The van der Waals surface area contributed by atoms with Crippen LogP contribution < -0.4 is 4.90 Å². The molecule has 1 aromatic carbocycles. The monoisotopic (exact) mass is 288 g/mol. The zero-order chi connectivity index (χ0) is 15.0. The second-order valence-electron chi connectivity index (χ2n) is 4.96. The van der Waals surface area contributed by atoms with Crippen LogP contribution in [0.3, 0.4) is 0 Å². The molecule has 0 aliphatic carbocycles. The smallest absolute Gasteiger partial charge is 0.149 e. The van der Waals surface area contributed by atoms with E-state index in [2.05, 4.69) is 5.16 Å². The Kier molecular flexibility index (Phi) is 3.33. The molecule has 5 heteroatoms. The molecule has 0 bridgehead atoms. The van der Waals surface area contributed by atoms with E-state index in [1.54, 1.807) is 11.1 Å². The fraction of sp³-hybridized carbons (Fsp3) is 0.188. The lowest BCUT2D eigenvalue weighted by molar-refractivity contribution is 0.393. The predicted octanol–water partition coefficient (Wildman–Crippen LogP) is 3.99. The molecule has 1 aliphatic rings. The zero-order valence-corrected chi connectivity index (χ0v) is 11.7. The SMILES string of the molecule is Cc1noc(C)c1C1=CC=CN(c2ccc(F)cc2F)C1. The van der Waals surface area contributed by atoms with Crippen LogP contribution in [0.5, 0.6) is 0 Å². The van der Waals surface area contributed by atoms with Crippen molar-refractivity contribution in [1.29, 1.82) is 0 Å². The molecule has 0 radical (unpaired) electrons. The standard InChI is InChI=1S/C16H14F2N2O/c1-10-16(11(2)21-19-10)12-4-3-7-20(9-12)15-6-5-13(17)8-14(15)18/h3-8H,9H2,1-2H3. The third-order valence-electron chi connectivity index (χ3n) is 3.48. The van der Waals surface area contributed by atoms with Crippen LogP contribution in [0, 0.1) is 25.5 Å². The third kappa shape index (κ3) is 2.46. The molecule has 0 spiro atoms. The Labute approximate surface area is 121 Å². The summed E-state index contributed by atoms with van der Waals surface area (Å²) in [7, 11) is 0. The van der Waals surface area contributed by atoms with Crippen molar-refractivity contribution >= 4 is 11.3 Å². The summed E-state index contributed by atoms with van der Waals surface area (Å²) in [4.78, 5) is 1.73. The summed E-state index contributed by atoms with van der Waals surface area (Å²) in [6.07, 6.45) is 5.54. The fourth-order valence-electron chi connectivity index (χ4n) is 2.54. The molecule has 1 aliphatic heterocycles. The number of hydrogen-bond acceptors (Lipinski definition) is 3. The Hall–Kier alpha value is -2.43. The minimum absolute atomic E-state index is 0.338. The van der Waals surface area contributed by atoms with Crippen molar-refractivity contribution in [2.45, 2.75) is 13.8 Å². The van der Waals surface area contributed by atoms with Gasteiger partial charge < -0.3 is 9.42 Å². The third-order valence-corrected chi connectivity index (χ3v) is 3.48. The zero-order valence-electron chi connectivity index (χ0n) is 11.7. The van der Waals surface area contributed by atoms with Gasteiger partial charge in [-0.1, -0.05) is 11.2 Å². The van der Waals surface area contributed by atoms with Crippen LogP contribution in [0.4, 0.5) is 14.5 Å². The summed E-state index contributed by atoms with van der Waals surface area (Å²) in [5.41, 5.74) is 3.06. The first-order valence-electron chi connectivity index (χ1n) is 6.58. The molecule has 0 saturated carbocycles. The van der Waals surface area contributed by atoms with Gasteiger partial charge in [-0.2, -0.15) is 0 Å². The van der Waals surface area contributed by atoms with Gasteiger partial charge in [0.2, 0.25) is 0 Å². The molecule has 1 aromatic heterocycles. The first kappa shape index (κ1) is 13.5. The first-order valence-corrected chi connectivity index (χ1v) is 6.58. The van der Waals surface area contributed by atoms with E-state index < -0.39 is 11.6 Å². The predicted molar refractivity (Wildman–Crippen MR) is 76.8 cm³/mol. The minimum atomic E-state index is -0.585. The highest BCUT2D eigenvalue weighted by atomic mass is 19.1. The second-order valence-corrected chi connectivity index (χ2v) is 4.96. The van der Waals surface area contributed by atoms with E-state index in [0.717, 1.165) is 28.7 Å². The molecule has 0 saturated heterocycles. The van der Waals surface area contributed by atoms with Gasteiger partial charge in [-0.25, -0.2) is 8.78 Å². The highest BCUT2D eigenvalue weighted by Crippen LogP contribution is 2.29. The number of allylic oxidation sites excluding steroid dienone is 2. The van der Waals surface area contributed by atoms with Crippen molar-refractivity contribution in [1.82, 2.24) is 5.16 Å². The van der Waals surface area contributed by atoms with Crippen LogP contribution >= 0.6 is 0 Å². The molecule has 2 aromatic rings. The summed E-state index contributed by atoms with van der Waals surface area (Å²) in [5, 5.41) is 3.94. The Morgan fingerprint density at radius 2 is 2.05 bits per heavy atom. The molecule has 21 heavy (non-hydrogen) atoms. The van der Waals surface area contributed by atoms with Crippen molar-refractivity contribution in [2.24, 2.45) is 0 Å². The number of halogens is 2. The van der Waals surface area contributed by atoms with E-state index in [1.165, 1.54) is 12.1 Å². The van der Waals surface area contributed by atoms with Gasteiger partial charge in [-0.05, 0) is 37.6 Å². The maximum absolute atomic E-state index is 13.9. The largest absolute Gasteiger partial charge is 0.361 e. The van der Waals surface area contributed by atoms with Gasteiger partial charge in [0.1, 0.15) is 17.4 Å². The van der Waals surface area contributed by atoms with Crippen LogP contribution in [0.1, 0.15) is 17.0 Å². The Balaban J connectivity index is 1.93. The molecular weight excluding hydrogens is 274 g/mol. The highest BCUT2D eigenvalue weighted by Gasteiger charge is 2.19. The molecule has 3 rings (SSSR count). The summed E-state index contributed by atoms with van der Waals surface area (Å²) >= 11 is 0. The molecule has 0 fully saturated rings. The van der Waals surface area contributed by atoms with E-state index in [0.29, 0.717) is 12.2 Å². The number of rotatable bonds is 2. The summed E-state index contributed by atoms with van der Waals surface area (Å²) in [5.74, 6) is -0.438. The van der Waals surface area contributed by atoms with Crippen molar-refractivity contribution in [2.75, 3.05) is 11.4 Å². The Morgan fingerprint density at radius 1 is 1.24 bits per heavy atom. The van der Waals surface area contributed by atoms with E-state index in [-0.39, 0.29) is 0 Å². The van der Waals surface area contributed by atoms with Crippen LogP contribution in [0.25, 0.3) is 5.57 Å². The van der Waals surface area contributed by atoms with Crippen molar-refractivity contribution in [3.63, 3.8) is 0 Å². The van der Waals surface area contributed by atoms with Gasteiger partial charge in [0, 0.05) is 24.4 Å². The maximum atomic E-state index is 13.9. The normalized spacial score (nSPS) is 14.5. The lowest BCUT2D eigenvalue weighted by Gasteiger charge is -2.25. The van der Waals surface area contributed by atoms with Gasteiger partial charge in [-0.3, -0.25) is 0 Å². The number of benzene rings is 1. The number of nitrogens with zero attached hydrogens (tertiary/aromatic N) is 2. The Morgan fingerprint density at radius 3 is 2.71 bits per heavy atom. The lowest BCUT2D eigenvalue weighted by atomic mass is 10.0. The van der Waals surface area contributed by atoms with Crippen molar-refractivity contribution in [3.8, 4) is 0 Å². The number of aryl methyl sites for hydroxylation is 2. The molecule has 2 heterocycles. The maximum Gasteiger partial charge on any atom is 0.149 e. The summed E-state index contributed by atoms with van der Waals surface area (Å²) in [6.45, 7) is 4.19. The van der Waals surface area contributed by atoms with E-state index in [1.807, 2.05) is 26.0 Å². The average Bonchev–Trinajstić information content (AvgIpc) is 2.78. The highest BCUT2D eigenvalue weighted by molar-refractivity contribution is 5.76. The number of anilines is 1. The van der Waals surface area contributed by atoms with Gasteiger partial charge in [0.25, 0.3) is 0 Å². The van der Waals surface area contributed by atoms with E-state index in [9.17, 15) is 8.78 Å².